The van der Waals surface area contributed by atoms with Crippen molar-refractivity contribution in [1.82, 2.24) is 19.9 Å². The number of aliphatic hydroxyl groups is 1. The van der Waals surface area contributed by atoms with E-state index in [-0.39, 0.29) is 34.5 Å². The number of nitrogens with zero attached hydrogens (tertiary/aromatic N) is 7. The van der Waals surface area contributed by atoms with Crippen molar-refractivity contribution in [2.24, 2.45) is 0 Å². The van der Waals surface area contributed by atoms with Gasteiger partial charge >= 0.3 is 6.01 Å². The summed E-state index contributed by atoms with van der Waals surface area (Å²) in [5.41, 5.74) is 7.60. The minimum atomic E-state index is -0.820. The smallest absolute Gasteiger partial charge is 0.323 e. The largest absolute Gasteiger partial charge is 0.461 e. The van der Waals surface area contributed by atoms with Crippen molar-refractivity contribution in [2.75, 3.05) is 48.3 Å². The molecule has 0 aliphatic carbocycles. The molecule has 5 saturated heterocycles. The normalized spacial score (nSPS) is 33.7. The molecule has 212 valence electrons. The van der Waals surface area contributed by atoms with Gasteiger partial charge in [0, 0.05) is 54.3 Å². The Hall–Kier alpha value is -2.40. The Morgan fingerprint density at radius 1 is 1.18 bits per heavy atom. The van der Waals surface area contributed by atoms with Gasteiger partial charge in [0.15, 0.2) is 0 Å². The number of hydrogen-bond acceptors (Lipinski definition) is 12. The number of halogens is 1. The van der Waals surface area contributed by atoms with Crippen LogP contribution in [0, 0.1) is 11.3 Å². The van der Waals surface area contributed by atoms with Crippen molar-refractivity contribution in [1.29, 1.82) is 5.26 Å². The highest BCUT2D eigenvalue weighted by Gasteiger charge is 2.54. The van der Waals surface area contributed by atoms with Crippen molar-refractivity contribution in [3.8, 4) is 12.1 Å². The Kier molecular flexibility index (Phi) is 5.73. The fraction of sp³-hybridized carbons (Fsp3) is 0.704. The first-order chi connectivity index (χ1) is 19.4. The first-order valence-electron chi connectivity index (χ1n) is 14.3. The van der Waals surface area contributed by atoms with E-state index in [0.717, 1.165) is 43.5 Å². The number of fused-ring (bicyclic) bond motifs is 5. The predicted molar refractivity (Wildman–Crippen MR) is 152 cm³/mol. The van der Waals surface area contributed by atoms with Crippen LogP contribution >= 0.6 is 23.1 Å². The standard InChI is InChI=1S/C27H33FN8O2S2/c28-15-8-26(4-1-5-35(26)10-15)14-38-25-32-23(31-24(33-25)36-16-2-3-17(36)7-18(37)6-16)34-12-27(13-34)21-19(9-29)22(30)40-20(21)11-39-27/h15-18,37H,1-8,10-14,30H2/t15-,16-,17+,18?,26+/m1/s1. The molecule has 5 fully saturated rings. The molecule has 1 unspecified atom stereocenters. The van der Waals surface area contributed by atoms with Gasteiger partial charge in [0.1, 0.15) is 23.8 Å². The Morgan fingerprint density at radius 3 is 2.73 bits per heavy atom. The number of rotatable bonds is 5. The van der Waals surface area contributed by atoms with Crippen LogP contribution in [0.4, 0.5) is 21.3 Å². The zero-order chi connectivity index (χ0) is 27.2. The van der Waals surface area contributed by atoms with Gasteiger partial charge in [-0.15, -0.1) is 23.1 Å². The molecule has 1 spiro atoms. The van der Waals surface area contributed by atoms with Crippen LogP contribution in [-0.2, 0) is 10.5 Å². The lowest BCUT2D eigenvalue weighted by molar-refractivity contribution is 0.107. The first kappa shape index (κ1) is 25.3. The second kappa shape index (κ2) is 9.05. The molecule has 8 heterocycles. The number of ether oxygens (including phenoxy) is 1. The molecule has 10 nitrogen and oxygen atoms in total. The Bertz CT molecular complexity index is 1380. The van der Waals surface area contributed by atoms with E-state index in [2.05, 4.69) is 20.8 Å². The lowest BCUT2D eigenvalue weighted by Gasteiger charge is -2.48. The van der Waals surface area contributed by atoms with Gasteiger partial charge < -0.3 is 25.4 Å². The lowest BCUT2D eigenvalue weighted by atomic mass is 9.88. The van der Waals surface area contributed by atoms with Gasteiger partial charge in [-0.1, -0.05) is 0 Å². The summed E-state index contributed by atoms with van der Waals surface area (Å²) >= 11 is 3.40. The van der Waals surface area contributed by atoms with Gasteiger partial charge in [0.2, 0.25) is 11.9 Å². The van der Waals surface area contributed by atoms with Gasteiger partial charge in [-0.25, -0.2) is 4.39 Å². The van der Waals surface area contributed by atoms with Gasteiger partial charge in [0.25, 0.3) is 0 Å². The molecule has 0 saturated carbocycles. The third kappa shape index (κ3) is 3.75. The van der Waals surface area contributed by atoms with Crippen LogP contribution in [-0.4, -0.2) is 87.6 Å². The van der Waals surface area contributed by atoms with Crippen molar-refractivity contribution in [3.05, 3.63) is 16.0 Å². The molecule has 8 rings (SSSR count). The van der Waals surface area contributed by atoms with Gasteiger partial charge in [-0.3, -0.25) is 4.90 Å². The number of thioether (sulfide) groups is 1. The van der Waals surface area contributed by atoms with Gasteiger partial charge in [0.05, 0.1) is 22.0 Å². The number of piperidine rings is 1. The zero-order valence-corrected chi connectivity index (χ0v) is 23.9. The van der Waals surface area contributed by atoms with E-state index in [1.165, 1.54) is 16.2 Å². The summed E-state index contributed by atoms with van der Waals surface area (Å²) in [6.07, 6.45) is 4.81. The summed E-state index contributed by atoms with van der Waals surface area (Å²) < 4.78 is 20.5. The van der Waals surface area contributed by atoms with E-state index < -0.39 is 6.17 Å². The zero-order valence-electron chi connectivity index (χ0n) is 22.3. The maximum absolute atomic E-state index is 14.4. The van der Waals surface area contributed by atoms with Crippen molar-refractivity contribution in [3.63, 3.8) is 0 Å². The number of aliphatic hydroxyl groups excluding tert-OH is 1. The fourth-order valence-corrected chi connectivity index (χ4v) is 11.0. The SMILES string of the molecule is N#Cc1c(N)sc2c1C1(CN(c3nc(OC[C@@]45CCCN4C[C@H](F)C5)nc(N4[C@@H]5CC[C@H]4CC(O)C5)n3)C1)SC2. The quantitative estimate of drug-likeness (QED) is 0.539. The maximum atomic E-state index is 14.4. The van der Waals surface area contributed by atoms with Crippen LogP contribution < -0.4 is 20.3 Å². The number of hydrogen-bond donors (Lipinski definition) is 2. The highest BCUT2D eigenvalue weighted by atomic mass is 32.2. The average molecular weight is 585 g/mol. The van der Waals surface area contributed by atoms with E-state index in [1.54, 1.807) is 0 Å². The molecule has 2 aromatic rings. The molecule has 13 heteroatoms. The van der Waals surface area contributed by atoms with Crippen LogP contribution in [0.2, 0.25) is 0 Å². The van der Waals surface area contributed by atoms with E-state index in [0.29, 0.717) is 68.0 Å². The number of nitrogens with two attached hydrogens (primary N) is 1. The first-order valence-corrected chi connectivity index (χ1v) is 16.1. The number of thiophene rings is 1. The van der Waals surface area contributed by atoms with Gasteiger partial charge in [-0.2, -0.15) is 20.2 Å². The third-order valence-corrected chi connectivity index (χ3v) is 12.6. The molecule has 40 heavy (non-hydrogen) atoms. The maximum Gasteiger partial charge on any atom is 0.323 e. The molecule has 0 amide bonds. The number of nitrogen functional groups attached to an aromatic ring is 1. The van der Waals surface area contributed by atoms with Crippen LogP contribution in [0.3, 0.4) is 0 Å². The molecule has 5 atom stereocenters. The topological polar surface area (TPSA) is 128 Å². The summed E-state index contributed by atoms with van der Waals surface area (Å²) in [6.45, 7) is 3.12. The monoisotopic (exact) mass is 584 g/mol. The molecular formula is C27H33FN8O2S2. The van der Waals surface area contributed by atoms with Crippen molar-refractivity contribution in [2.45, 2.75) is 85.3 Å². The Labute approximate surface area is 240 Å². The number of nitriles is 1. The van der Waals surface area contributed by atoms with Crippen LogP contribution in [0.5, 0.6) is 6.01 Å². The third-order valence-electron chi connectivity index (χ3n) is 9.99. The number of alkyl halides is 1. The fourth-order valence-electron chi connectivity index (χ4n) is 8.21. The summed E-state index contributed by atoms with van der Waals surface area (Å²) in [5.74, 6) is 2.04. The van der Waals surface area contributed by atoms with E-state index in [1.807, 2.05) is 11.8 Å². The second-order valence-electron chi connectivity index (χ2n) is 12.4. The van der Waals surface area contributed by atoms with Gasteiger partial charge in [-0.05, 0) is 45.1 Å². The van der Waals surface area contributed by atoms with E-state index >= 15 is 0 Å². The lowest BCUT2D eigenvalue weighted by Crippen LogP contribution is -2.57. The number of anilines is 3. The van der Waals surface area contributed by atoms with E-state index in [9.17, 15) is 14.8 Å². The minimum Gasteiger partial charge on any atom is -0.461 e. The molecule has 0 aromatic carbocycles. The molecule has 3 N–H and O–H groups in total. The van der Waals surface area contributed by atoms with E-state index in [4.69, 9.17) is 25.4 Å². The average Bonchev–Trinajstić information content (AvgIpc) is 3.67. The molecule has 2 aromatic heterocycles. The molecule has 6 aliphatic rings. The molecular weight excluding hydrogens is 551 g/mol. The van der Waals surface area contributed by atoms with Crippen molar-refractivity contribution >= 4 is 40.0 Å². The molecule has 2 bridgehead atoms. The predicted octanol–water partition coefficient (Wildman–Crippen LogP) is 2.80. The summed E-state index contributed by atoms with van der Waals surface area (Å²) in [4.78, 5) is 22.4. The molecule has 6 aliphatic heterocycles. The summed E-state index contributed by atoms with van der Waals surface area (Å²) in [7, 11) is 0. The number of aromatic nitrogens is 3. The summed E-state index contributed by atoms with van der Waals surface area (Å²) in [5, 5.41) is 20.8. The minimum absolute atomic E-state index is 0.181. The summed E-state index contributed by atoms with van der Waals surface area (Å²) in [6, 6.07) is 3.02. The Morgan fingerprint density at radius 2 is 1.95 bits per heavy atom. The Balaban J connectivity index is 1.10. The van der Waals surface area contributed by atoms with Crippen LogP contribution in [0.25, 0.3) is 0 Å². The highest BCUT2D eigenvalue weighted by molar-refractivity contribution is 8.00. The van der Waals surface area contributed by atoms with Crippen LogP contribution in [0.15, 0.2) is 0 Å². The highest BCUT2D eigenvalue weighted by Crippen LogP contribution is 2.58. The van der Waals surface area contributed by atoms with Crippen molar-refractivity contribution < 1.29 is 14.2 Å². The second-order valence-corrected chi connectivity index (χ2v) is 14.9. The van der Waals surface area contributed by atoms with Crippen LogP contribution in [0.1, 0.15) is 60.9 Å². The molecule has 0 radical (unpaired) electrons.